The highest BCUT2D eigenvalue weighted by Crippen LogP contribution is 2.08. The Morgan fingerprint density at radius 1 is 1.45 bits per heavy atom. The van der Waals surface area contributed by atoms with Gasteiger partial charge in [-0.15, -0.1) is 24.8 Å². The number of carbonyl (C=O) groups excluding carboxylic acids is 1. The summed E-state index contributed by atoms with van der Waals surface area (Å²) in [6, 6.07) is 0. The number of carbonyl (C=O) groups is 1. The standard InChI is InChI=1S/C5H11N3O.2ClH/c6-4(9)5(7)1-2-8-3-5;;/h8H,1-3,7H2,(H2,6,9);2*1H. The van der Waals surface area contributed by atoms with Crippen molar-refractivity contribution in [2.75, 3.05) is 13.1 Å². The fourth-order valence-corrected chi connectivity index (χ4v) is 0.922. The van der Waals surface area contributed by atoms with Crippen molar-refractivity contribution >= 4 is 30.7 Å². The van der Waals surface area contributed by atoms with Gasteiger partial charge in [-0.25, -0.2) is 0 Å². The van der Waals surface area contributed by atoms with Crippen LogP contribution in [-0.2, 0) is 4.79 Å². The average molecular weight is 202 g/mol. The van der Waals surface area contributed by atoms with Crippen molar-refractivity contribution in [3.63, 3.8) is 0 Å². The lowest BCUT2D eigenvalue weighted by molar-refractivity contribution is -0.122. The van der Waals surface area contributed by atoms with Gasteiger partial charge in [0.2, 0.25) is 5.91 Å². The van der Waals surface area contributed by atoms with Crippen molar-refractivity contribution < 1.29 is 4.79 Å². The first-order valence-corrected chi connectivity index (χ1v) is 2.95. The summed E-state index contributed by atoms with van der Waals surface area (Å²) in [7, 11) is 0. The summed E-state index contributed by atoms with van der Waals surface area (Å²) in [6.07, 6.45) is 0.655. The van der Waals surface area contributed by atoms with E-state index in [0.29, 0.717) is 13.0 Å². The Bertz CT molecular complexity index is 136. The molecular formula is C5H13Cl2N3O. The fraction of sp³-hybridized carbons (Fsp3) is 0.800. The molecule has 1 amide bonds. The molecule has 1 saturated heterocycles. The molecule has 68 valence electrons. The van der Waals surface area contributed by atoms with E-state index in [1.807, 2.05) is 0 Å². The molecule has 1 unspecified atom stereocenters. The van der Waals surface area contributed by atoms with E-state index in [9.17, 15) is 4.79 Å². The third kappa shape index (κ3) is 2.83. The molecule has 0 aliphatic carbocycles. The zero-order chi connectivity index (χ0) is 6.91. The lowest BCUT2D eigenvalue weighted by atomic mass is 10.0. The van der Waals surface area contributed by atoms with Crippen LogP contribution in [0.3, 0.4) is 0 Å². The van der Waals surface area contributed by atoms with Crippen LogP contribution in [0.15, 0.2) is 0 Å². The third-order valence-electron chi connectivity index (χ3n) is 1.68. The molecule has 1 aliphatic heterocycles. The molecule has 0 saturated carbocycles. The molecule has 0 aromatic heterocycles. The Balaban J connectivity index is 0. The van der Waals surface area contributed by atoms with Gasteiger partial charge in [-0.2, -0.15) is 0 Å². The minimum atomic E-state index is -0.778. The molecule has 1 rings (SSSR count). The molecule has 0 aromatic rings. The number of nitrogens with two attached hydrogens (primary N) is 2. The maximum absolute atomic E-state index is 10.6. The van der Waals surface area contributed by atoms with Crippen LogP contribution in [0.25, 0.3) is 0 Å². The normalized spacial score (nSPS) is 28.5. The van der Waals surface area contributed by atoms with E-state index in [4.69, 9.17) is 11.5 Å². The van der Waals surface area contributed by atoms with Gasteiger partial charge in [0.15, 0.2) is 0 Å². The maximum atomic E-state index is 10.6. The topological polar surface area (TPSA) is 81.1 Å². The minimum Gasteiger partial charge on any atom is -0.368 e. The highest BCUT2D eigenvalue weighted by molar-refractivity contribution is 5.85. The van der Waals surface area contributed by atoms with Crippen LogP contribution in [0.5, 0.6) is 0 Å². The molecule has 11 heavy (non-hydrogen) atoms. The quantitative estimate of drug-likeness (QED) is 0.510. The SMILES string of the molecule is Cl.Cl.NC(=O)C1(N)CCNC1. The van der Waals surface area contributed by atoms with Crippen molar-refractivity contribution in [1.29, 1.82) is 0 Å². The van der Waals surface area contributed by atoms with Crippen molar-refractivity contribution in [2.24, 2.45) is 11.5 Å². The smallest absolute Gasteiger partial charge is 0.238 e. The zero-order valence-corrected chi connectivity index (χ0v) is 7.63. The largest absolute Gasteiger partial charge is 0.368 e. The molecule has 1 atom stereocenters. The maximum Gasteiger partial charge on any atom is 0.238 e. The molecule has 5 N–H and O–H groups in total. The minimum absolute atomic E-state index is 0. The first-order valence-electron chi connectivity index (χ1n) is 2.95. The highest BCUT2D eigenvalue weighted by Gasteiger charge is 2.34. The lowest BCUT2D eigenvalue weighted by Gasteiger charge is -2.16. The predicted octanol–water partition coefficient (Wildman–Crippen LogP) is -0.994. The second-order valence-electron chi connectivity index (χ2n) is 2.45. The molecule has 6 heteroatoms. The Morgan fingerprint density at radius 3 is 2.18 bits per heavy atom. The Kier molecular flexibility index (Phi) is 5.88. The van der Waals surface area contributed by atoms with Gasteiger partial charge in [0, 0.05) is 6.54 Å². The summed E-state index contributed by atoms with van der Waals surface area (Å²) in [5.74, 6) is -0.410. The van der Waals surface area contributed by atoms with Crippen molar-refractivity contribution in [2.45, 2.75) is 12.0 Å². The van der Waals surface area contributed by atoms with Gasteiger partial charge >= 0.3 is 0 Å². The van der Waals surface area contributed by atoms with Crippen LogP contribution < -0.4 is 16.8 Å². The molecule has 1 fully saturated rings. The van der Waals surface area contributed by atoms with E-state index in [0.717, 1.165) is 6.54 Å². The molecular weight excluding hydrogens is 189 g/mol. The van der Waals surface area contributed by atoms with Gasteiger partial charge in [-0.1, -0.05) is 0 Å². The monoisotopic (exact) mass is 201 g/mol. The summed E-state index contributed by atoms with van der Waals surface area (Å²) < 4.78 is 0. The first-order chi connectivity index (χ1) is 4.15. The second-order valence-corrected chi connectivity index (χ2v) is 2.45. The van der Waals surface area contributed by atoms with E-state index in [1.54, 1.807) is 0 Å². The molecule has 0 aromatic carbocycles. The number of nitrogens with one attached hydrogen (secondary N) is 1. The van der Waals surface area contributed by atoms with Gasteiger partial charge in [0.05, 0.1) is 0 Å². The summed E-state index contributed by atoms with van der Waals surface area (Å²) in [5.41, 5.74) is 9.82. The second kappa shape index (κ2) is 4.77. The van der Waals surface area contributed by atoms with E-state index >= 15 is 0 Å². The molecule has 4 nitrogen and oxygen atoms in total. The van der Waals surface area contributed by atoms with Crippen LogP contribution in [0.1, 0.15) is 6.42 Å². The molecule has 0 radical (unpaired) electrons. The van der Waals surface area contributed by atoms with Crippen LogP contribution in [-0.4, -0.2) is 24.5 Å². The number of primary amides is 1. The summed E-state index contributed by atoms with van der Waals surface area (Å²) in [6.45, 7) is 1.31. The first kappa shape index (κ1) is 13.6. The van der Waals surface area contributed by atoms with E-state index < -0.39 is 11.4 Å². The van der Waals surface area contributed by atoms with Crippen LogP contribution in [0, 0.1) is 0 Å². The third-order valence-corrected chi connectivity index (χ3v) is 1.68. The lowest BCUT2D eigenvalue weighted by Crippen LogP contribution is -2.53. The molecule has 1 heterocycles. The zero-order valence-electron chi connectivity index (χ0n) is 6.00. The van der Waals surface area contributed by atoms with E-state index in [-0.39, 0.29) is 24.8 Å². The summed E-state index contributed by atoms with van der Waals surface area (Å²) in [4.78, 5) is 10.6. The number of rotatable bonds is 1. The number of halogens is 2. The fourth-order valence-electron chi connectivity index (χ4n) is 0.922. The van der Waals surface area contributed by atoms with E-state index in [2.05, 4.69) is 5.32 Å². The Labute approximate surface area is 77.9 Å². The predicted molar refractivity (Wildman–Crippen MR) is 48.1 cm³/mol. The highest BCUT2D eigenvalue weighted by atomic mass is 35.5. The number of hydrogen-bond acceptors (Lipinski definition) is 3. The van der Waals surface area contributed by atoms with Crippen molar-refractivity contribution in [3.8, 4) is 0 Å². The van der Waals surface area contributed by atoms with Gasteiger partial charge in [-0.3, -0.25) is 4.79 Å². The number of amides is 1. The van der Waals surface area contributed by atoms with Gasteiger partial charge in [0.25, 0.3) is 0 Å². The molecule has 0 spiro atoms. The van der Waals surface area contributed by atoms with Crippen molar-refractivity contribution in [3.05, 3.63) is 0 Å². The van der Waals surface area contributed by atoms with Gasteiger partial charge in [-0.05, 0) is 13.0 Å². The van der Waals surface area contributed by atoms with Crippen LogP contribution in [0.4, 0.5) is 0 Å². The average Bonchev–Trinajstić information content (AvgIpc) is 2.16. The Morgan fingerprint density at radius 2 is 2.00 bits per heavy atom. The Hall–Kier alpha value is -0.0300. The van der Waals surface area contributed by atoms with Crippen molar-refractivity contribution in [1.82, 2.24) is 5.32 Å². The van der Waals surface area contributed by atoms with Crippen LogP contribution in [0.2, 0.25) is 0 Å². The number of hydrogen-bond donors (Lipinski definition) is 3. The summed E-state index contributed by atoms with van der Waals surface area (Å²) >= 11 is 0. The van der Waals surface area contributed by atoms with Gasteiger partial charge in [0.1, 0.15) is 5.54 Å². The summed E-state index contributed by atoms with van der Waals surface area (Å²) in [5, 5.41) is 2.97. The molecule has 0 bridgehead atoms. The van der Waals surface area contributed by atoms with E-state index in [1.165, 1.54) is 0 Å². The van der Waals surface area contributed by atoms with Gasteiger partial charge < -0.3 is 16.8 Å². The molecule has 1 aliphatic rings. The van der Waals surface area contributed by atoms with Crippen LogP contribution >= 0.6 is 24.8 Å².